The van der Waals surface area contributed by atoms with Crippen LogP contribution in [0.4, 0.5) is 0 Å². The molecule has 1 heterocycles. The Morgan fingerprint density at radius 1 is 1.30 bits per heavy atom. The molecule has 1 aliphatic rings. The Labute approximate surface area is 136 Å². The minimum Gasteiger partial charge on any atom is -0.393 e. The first-order chi connectivity index (χ1) is 11.1. The number of hydrogen-bond donors (Lipinski definition) is 2. The van der Waals surface area contributed by atoms with Gasteiger partial charge in [0, 0.05) is 24.0 Å². The fourth-order valence-electron chi connectivity index (χ4n) is 3.14. The summed E-state index contributed by atoms with van der Waals surface area (Å²) in [5.41, 5.74) is 2.74. The SMILES string of the molecule is Cc1cnccc1C(=O)NC(Cc1ccccc1)C1CC(O)C1. The van der Waals surface area contributed by atoms with Crippen LogP contribution >= 0.6 is 0 Å². The van der Waals surface area contributed by atoms with E-state index in [0.717, 1.165) is 24.8 Å². The number of nitrogens with zero attached hydrogens (tertiary/aromatic N) is 1. The van der Waals surface area contributed by atoms with Crippen LogP contribution in [-0.4, -0.2) is 28.1 Å². The van der Waals surface area contributed by atoms with Gasteiger partial charge in [-0.2, -0.15) is 0 Å². The Morgan fingerprint density at radius 2 is 2.04 bits per heavy atom. The number of aliphatic hydroxyl groups is 1. The molecule has 23 heavy (non-hydrogen) atoms. The molecule has 4 nitrogen and oxygen atoms in total. The van der Waals surface area contributed by atoms with E-state index >= 15 is 0 Å². The monoisotopic (exact) mass is 310 g/mol. The molecule has 0 spiro atoms. The summed E-state index contributed by atoms with van der Waals surface area (Å²) in [7, 11) is 0. The van der Waals surface area contributed by atoms with Crippen molar-refractivity contribution in [3.63, 3.8) is 0 Å². The van der Waals surface area contributed by atoms with Crippen LogP contribution in [0.1, 0.15) is 34.3 Å². The zero-order valence-electron chi connectivity index (χ0n) is 13.3. The molecule has 3 rings (SSSR count). The van der Waals surface area contributed by atoms with Crippen molar-refractivity contribution in [1.82, 2.24) is 10.3 Å². The van der Waals surface area contributed by atoms with E-state index in [9.17, 15) is 9.90 Å². The molecule has 1 saturated carbocycles. The van der Waals surface area contributed by atoms with Crippen LogP contribution in [0.3, 0.4) is 0 Å². The number of rotatable bonds is 5. The highest BCUT2D eigenvalue weighted by Crippen LogP contribution is 2.32. The van der Waals surface area contributed by atoms with Gasteiger partial charge in [0.25, 0.3) is 5.91 Å². The maximum atomic E-state index is 12.6. The third-order valence-corrected chi connectivity index (χ3v) is 4.60. The highest BCUT2D eigenvalue weighted by molar-refractivity contribution is 5.95. The van der Waals surface area contributed by atoms with Crippen molar-refractivity contribution in [2.75, 3.05) is 0 Å². The molecular formula is C19H22N2O2. The van der Waals surface area contributed by atoms with E-state index in [-0.39, 0.29) is 18.1 Å². The largest absolute Gasteiger partial charge is 0.393 e. The van der Waals surface area contributed by atoms with E-state index in [2.05, 4.69) is 22.4 Å². The van der Waals surface area contributed by atoms with Gasteiger partial charge in [-0.3, -0.25) is 9.78 Å². The van der Waals surface area contributed by atoms with E-state index in [1.807, 2.05) is 25.1 Å². The van der Waals surface area contributed by atoms with Crippen molar-refractivity contribution in [3.05, 3.63) is 65.5 Å². The second-order valence-electron chi connectivity index (χ2n) is 6.35. The maximum absolute atomic E-state index is 12.6. The standard InChI is InChI=1S/C19H22N2O2/c1-13-12-20-8-7-17(13)19(23)21-18(15-10-16(22)11-15)9-14-5-3-2-4-6-14/h2-8,12,15-16,18,22H,9-11H2,1H3,(H,21,23). The minimum atomic E-state index is -0.224. The van der Waals surface area contributed by atoms with Gasteiger partial charge in [-0.15, -0.1) is 0 Å². The highest BCUT2D eigenvalue weighted by atomic mass is 16.3. The molecule has 1 amide bonds. The fraction of sp³-hybridized carbons (Fsp3) is 0.368. The Bertz CT molecular complexity index is 666. The average molecular weight is 310 g/mol. The lowest BCUT2D eigenvalue weighted by atomic mass is 9.75. The van der Waals surface area contributed by atoms with E-state index in [0.29, 0.717) is 11.5 Å². The van der Waals surface area contributed by atoms with Gasteiger partial charge in [-0.05, 0) is 49.3 Å². The van der Waals surface area contributed by atoms with E-state index in [1.165, 1.54) is 5.56 Å². The van der Waals surface area contributed by atoms with E-state index in [1.54, 1.807) is 18.5 Å². The summed E-state index contributed by atoms with van der Waals surface area (Å²) >= 11 is 0. The topological polar surface area (TPSA) is 62.2 Å². The van der Waals surface area contributed by atoms with Crippen LogP contribution in [0.25, 0.3) is 0 Å². The Hall–Kier alpha value is -2.20. The Balaban J connectivity index is 1.73. The number of carbonyl (C=O) groups excluding carboxylic acids is 1. The summed E-state index contributed by atoms with van der Waals surface area (Å²) in [6.45, 7) is 1.89. The molecule has 1 aromatic carbocycles. The first-order valence-electron chi connectivity index (χ1n) is 8.07. The van der Waals surface area contributed by atoms with Crippen molar-refractivity contribution in [2.45, 2.75) is 38.3 Å². The summed E-state index contributed by atoms with van der Waals surface area (Å²) in [6.07, 6.45) is 5.42. The lowest BCUT2D eigenvalue weighted by molar-refractivity contribution is 0.0239. The first kappa shape index (κ1) is 15.7. The molecule has 2 N–H and O–H groups in total. The third-order valence-electron chi connectivity index (χ3n) is 4.60. The predicted molar refractivity (Wildman–Crippen MR) is 89.1 cm³/mol. The van der Waals surface area contributed by atoms with Crippen LogP contribution in [-0.2, 0) is 6.42 Å². The van der Waals surface area contributed by atoms with Crippen molar-refractivity contribution in [1.29, 1.82) is 0 Å². The van der Waals surface area contributed by atoms with E-state index < -0.39 is 0 Å². The molecule has 1 atom stereocenters. The summed E-state index contributed by atoms with van der Waals surface area (Å²) in [5, 5.41) is 12.8. The fourth-order valence-corrected chi connectivity index (χ4v) is 3.14. The normalized spacial score (nSPS) is 21.3. The molecule has 0 saturated heterocycles. The van der Waals surface area contributed by atoms with Crippen molar-refractivity contribution in [2.24, 2.45) is 5.92 Å². The zero-order valence-corrected chi connectivity index (χ0v) is 13.3. The zero-order chi connectivity index (χ0) is 16.2. The number of aliphatic hydroxyl groups excluding tert-OH is 1. The number of carbonyl (C=O) groups is 1. The van der Waals surface area contributed by atoms with Gasteiger partial charge in [0.1, 0.15) is 0 Å². The molecular weight excluding hydrogens is 288 g/mol. The smallest absolute Gasteiger partial charge is 0.251 e. The van der Waals surface area contributed by atoms with Crippen LogP contribution in [0.2, 0.25) is 0 Å². The summed E-state index contributed by atoms with van der Waals surface area (Å²) in [5.74, 6) is 0.267. The van der Waals surface area contributed by atoms with E-state index in [4.69, 9.17) is 0 Å². The summed E-state index contributed by atoms with van der Waals surface area (Å²) in [4.78, 5) is 16.6. The van der Waals surface area contributed by atoms with Crippen LogP contribution in [0.5, 0.6) is 0 Å². The van der Waals surface area contributed by atoms with Crippen molar-refractivity contribution in [3.8, 4) is 0 Å². The summed E-state index contributed by atoms with van der Waals surface area (Å²) in [6, 6.07) is 12.0. The number of hydrogen-bond acceptors (Lipinski definition) is 3. The molecule has 2 aromatic rings. The van der Waals surface area contributed by atoms with Gasteiger partial charge >= 0.3 is 0 Å². The van der Waals surface area contributed by atoms with Gasteiger partial charge in [-0.25, -0.2) is 0 Å². The molecule has 0 aliphatic heterocycles. The molecule has 1 fully saturated rings. The number of amides is 1. The second kappa shape index (κ2) is 6.92. The highest BCUT2D eigenvalue weighted by Gasteiger charge is 2.35. The minimum absolute atomic E-state index is 0.0425. The van der Waals surface area contributed by atoms with Crippen LogP contribution < -0.4 is 5.32 Å². The molecule has 4 heteroatoms. The van der Waals surface area contributed by atoms with Gasteiger partial charge in [0.2, 0.25) is 0 Å². The van der Waals surface area contributed by atoms with Crippen molar-refractivity contribution >= 4 is 5.91 Å². The summed E-state index contributed by atoms with van der Waals surface area (Å²) < 4.78 is 0. The molecule has 120 valence electrons. The first-order valence-corrected chi connectivity index (χ1v) is 8.07. The predicted octanol–water partition coefficient (Wildman–Crippen LogP) is 2.50. The molecule has 1 aliphatic carbocycles. The Morgan fingerprint density at radius 3 is 2.70 bits per heavy atom. The molecule has 0 radical (unpaired) electrons. The van der Waals surface area contributed by atoms with Gasteiger partial charge in [0.05, 0.1) is 6.10 Å². The number of pyridine rings is 1. The van der Waals surface area contributed by atoms with Gasteiger partial charge in [-0.1, -0.05) is 30.3 Å². The van der Waals surface area contributed by atoms with Crippen molar-refractivity contribution < 1.29 is 9.90 Å². The molecule has 1 unspecified atom stereocenters. The quantitative estimate of drug-likeness (QED) is 0.892. The third kappa shape index (κ3) is 3.77. The number of aryl methyl sites for hydroxylation is 1. The maximum Gasteiger partial charge on any atom is 0.251 e. The number of aromatic nitrogens is 1. The Kier molecular flexibility index (Phi) is 4.72. The lowest BCUT2D eigenvalue weighted by Gasteiger charge is -2.38. The lowest BCUT2D eigenvalue weighted by Crippen LogP contribution is -2.48. The molecule has 0 bridgehead atoms. The molecule has 1 aromatic heterocycles. The van der Waals surface area contributed by atoms with Crippen LogP contribution in [0.15, 0.2) is 48.8 Å². The number of benzene rings is 1. The van der Waals surface area contributed by atoms with Gasteiger partial charge < -0.3 is 10.4 Å². The average Bonchev–Trinajstić information content (AvgIpc) is 2.52. The number of nitrogens with one attached hydrogen (secondary N) is 1. The second-order valence-corrected chi connectivity index (χ2v) is 6.35. The van der Waals surface area contributed by atoms with Crippen LogP contribution in [0, 0.1) is 12.8 Å². The van der Waals surface area contributed by atoms with Gasteiger partial charge in [0.15, 0.2) is 0 Å².